The van der Waals surface area contributed by atoms with Crippen LogP contribution in [0.1, 0.15) is 22.3 Å². The number of benzene rings is 2. The molecule has 8 heteroatoms. The molecule has 7 nitrogen and oxygen atoms in total. The van der Waals surface area contributed by atoms with Crippen molar-refractivity contribution in [1.82, 2.24) is 5.32 Å². The van der Waals surface area contributed by atoms with Gasteiger partial charge >= 0.3 is 0 Å². The zero-order valence-corrected chi connectivity index (χ0v) is 16.7. The van der Waals surface area contributed by atoms with Crippen LogP contribution >= 0.6 is 11.6 Å². The minimum Gasteiger partial charge on any atom is -0.493 e. The van der Waals surface area contributed by atoms with Gasteiger partial charge in [0.1, 0.15) is 0 Å². The smallest absolute Gasteiger partial charge is 0.255 e. The first kappa shape index (κ1) is 19.9. The Hall–Kier alpha value is -2.80. The SMILES string of the molecule is COc1ccc(C(=O)NCc2cc(Cl)c3c(c2)OCCCO3)c(OC)c1OC. The molecule has 0 unspecified atom stereocenters. The van der Waals surface area contributed by atoms with Gasteiger partial charge in [0.05, 0.1) is 45.1 Å². The van der Waals surface area contributed by atoms with Crippen molar-refractivity contribution in [3.8, 4) is 28.7 Å². The van der Waals surface area contributed by atoms with Crippen molar-refractivity contribution >= 4 is 17.5 Å². The summed E-state index contributed by atoms with van der Waals surface area (Å²) in [5.41, 5.74) is 1.13. The number of hydrogen-bond acceptors (Lipinski definition) is 6. The summed E-state index contributed by atoms with van der Waals surface area (Å²) in [7, 11) is 4.48. The van der Waals surface area contributed by atoms with Crippen LogP contribution in [0.5, 0.6) is 28.7 Å². The standard InChI is InChI=1S/C20H22ClNO6/c1-24-15-6-5-13(17(25-2)19(15)26-3)20(23)22-11-12-9-14(21)18-16(10-12)27-7-4-8-28-18/h5-6,9-10H,4,7-8,11H2,1-3H3,(H,22,23). The van der Waals surface area contributed by atoms with Crippen molar-refractivity contribution in [3.63, 3.8) is 0 Å². The molecular weight excluding hydrogens is 386 g/mol. The highest BCUT2D eigenvalue weighted by atomic mass is 35.5. The van der Waals surface area contributed by atoms with E-state index in [1.807, 2.05) is 6.07 Å². The van der Waals surface area contributed by atoms with E-state index in [4.69, 9.17) is 35.3 Å². The minimum atomic E-state index is -0.318. The van der Waals surface area contributed by atoms with Gasteiger partial charge in [0, 0.05) is 13.0 Å². The zero-order valence-electron chi connectivity index (χ0n) is 16.0. The van der Waals surface area contributed by atoms with Gasteiger partial charge in [-0.2, -0.15) is 0 Å². The van der Waals surface area contributed by atoms with Gasteiger partial charge in [0.15, 0.2) is 23.0 Å². The second kappa shape index (κ2) is 8.93. The maximum Gasteiger partial charge on any atom is 0.255 e. The van der Waals surface area contributed by atoms with Crippen LogP contribution in [0, 0.1) is 0 Å². The molecule has 0 spiro atoms. The molecule has 0 radical (unpaired) electrons. The summed E-state index contributed by atoms with van der Waals surface area (Å²) in [6.07, 6.45) is 0.788. The molecule has 1 N–H and O–H groups in total. The third kappa shape index (κ3) is 4.04. The van der Waals surface area contributed by atoms with Gasteiger partial charge in [0.25, 0.3) is 5.91 Å². The molecule has 1 aliphatic heterocycles. The number of carbonyl (C=O) groups is 1. The minimum absolute atomic E-state index is 0.257. The summed E-state index contributed by atoms with van der Waals surface area (Å²) in [4.78, 5) is 12.7. The van der Waals surface area contributed by atoms with Gasteiger partial charge in [-0.1, -0.05) is 11.6 Å². The van der Waals surface area contributed by atoms with Crippen molar-refractivity contribution in [1.29, 1.82) is 0 Å². The molecule has 1 heterocycles. The monoisotopic (exact) mass is 407 g/mol. The Morgan fingerprint density at radius 1 is 1.07 bits per heavy atom. The number of ether oxygens (including phenoxy) is 5. The van der Waals surface area contributed by atoms with Crippen LogP contribution in [-0.2, 0) is 6.54 Å². The zero-order chi connectivity index (χ0) is 20.1. The quantitative estimate of drug-likeness (QED) is 0.790. The second-order valence-electron chi connectivity index (χ2n) is 6.02. The van der Waals surface area contributed by atoms with E-state index in [9.17, 15) is 4.79 Å². The first-order chi connectivity index (χ1) is 13.6. The maximum atomic E-state index is 12.7. The molecule has 3 rings (SSSR count). The van der Waals surface area contributed by atoms with Crippen molar-refractivity contribution in [2.45, 2.75) is 13.0 Å². The van der Waals surface area contributed by atoms with Crippen molar-refractivity contribution in [2.24, 2.45) is 0 Å². The van der Waals surface area contributed by atoms with Crippen LogP contribution in [0.3, 0.4) is 0 Å². The van der Waals surface area contributed by atoms with Gasteiger partial charge in [0.2, 0.25) is 5.75 Å². The first-order valence-corrected chi connectivity index (χ1v) is 9.12. The summed E-state index contributed by atoms with van der Waals surface area (Å²) in [6, 6.07) is 6.84. The van der Waals surface area contributed by atoms with E-state index in [-0.39, 0.29) is 12.5 Å². The summed E-state index contributed by atoms with van der Waals surface area (Å²) in [6.45, 7) is 1.37. The molecule has 150 valence electrons. The van der Waals surface area contributed by atoms with E-state index in [1.54, 1.807) is 18.2 Å². The van der Waals surface area contributed by atoms with E-state index in [0.29, 0.717) is 52.5 Å². The van der Waals surface area contributed by atoms with Crippen LogP contribution in [0.4, 0.5) is 0 Å². The van der Waals surface area contributed by atoms with E-state index < -0.39 is 0 Å². The highest BCUT2D eigenvalue weighted by Gasteiger charge is 2.21. The topological polar surface area (TPSA) is 75.3 Å². The highest BCUT2D eigenvalue weighted by Crippen LogP contribution is 2.40. The van der Waals surface area contributed by atoms with E-state index >= 15 is 0 Å². The molecule has 0 saturated heterocycles. The van der Waals surface area contributed by atoms with E-state index in [2.05, 4.69) is 5.32 Å². The molecule has 1 amide bonds. The molecular formula is C20H22ClNO6. The van der Waals surface area contributed by atoms with Crippen LogP contribution in [0.15, 0.2) is 24.3 Å². The lowest BCUT2D eigenvalue weighted by atomic mass is 10.1. The van der Waals surface area contributed by atoms with Gasteiger partial charge in [-0.3, -0.25) is 4.79 Å². The van der Waals surface area contributed by atoms with E-state index in [1.165, 1.54) is 21.3 Å². The average molecular weight is 408 g/mol. The summed E-state index contributed by atoms with van der Waals surface area (Å²) in [5.74, 6) is 1.94. The van der Waals surface area contributed by atoms with Crippen LogP contribution in [0.25, 0.3) is 0 Å². The Labute approximate surface area is 168 Å². The van der Waals surface area contributed by atoms with Gasteiger partial charge in [-0.25, -0.2) is 0 Å². The van der Waals surface area contributed by atoms with E-state index in [0.717, 1.165) is 12.0 Å². The highest BCUT2D eigenvalue weighted by molar-refractivity contribution is 6.32. The number of hydrogen-bond donors (Lipinski definition) is 1. The molecule has 0 saturated carbocycles. The van der Waals surface area contributed by atoms with Gasteiger partial charge < -0.3 is 29.0 Å². The molecule has 0 fully saturated rings. The van der Waals surface area contributed by atoms with Crippen molar-refractivity contribution < 1.29 is 28.5 Å². The van der Waals surface area contributed by atoms with Crippen LogP contribution < -0.4 is 29.0 Å². The fourth-order valence-electron chi connectivity index (χ4n) is 2.94. The molecule has 0 aromatic heterocycles. The van der Waals surface area contributed by atoms with Crippen LogP contribution in [0.2, 0.25) is 5.02 Å². The number of amides is 1. The lowest BCUT2D eigenvalue weighted by Crippen LogP contribution is -2.23. The third-order valence-electron chi connectivity index (χ3n) is 4.26. The molecule has 0 aliphatic carbocycles. The van der Waals surface area contributed by atoms with Crippen LogP contribution in [-0.4, -0.2) is 40.5 Å². The predicted octanol–water partition coefficient (Wildman–Crippen LogP) is 3.46. The Morgan fingerprint density at radius 3 is 2.54 bits per heavy atom. The van der Waals surface area contributed by atoms with Gasteiger partial charge in [-0.15, -0.1) is 0 Å². The molecule has 2 aromatic rings. The normalized spacial score (nSPS) is 12.7. The van der Waals surface area contributed by atoms with Gasteiger partial charge in [-0.05, 0) is 29.8 Å². The lowest BCUT2D eigenvalue weighted by Gasteiger charge is -2.16. The molecule has 2 aromatic carbocycles. The first-order valence-electron chi connectivity index (χ1n) is 8.74. The summed E-state index contributed by atoms with van der Waals surface area (Å²) in [5, 5.41) is 3.31. The number of halogens is 1. The largest absolute Gasteiger partial charge is 0.493 e. The summed E-state index contributed by atoms with van der Waals surface area (Å²) < 4.78 is 27.2. The fraction of sp³-hybridized carbons (Fsp3) is 0.350. The molecule has 0 bridgehead atoms. The fourth-order valence-corrected chi connectivity index (χ4v) is 3.23. The summed E-state index contributed by atoms with van der Waals surface area (Å²) >= 11 is 6.30. The number of fused-ring (bicyclic) bond motifs is 1. The Morgan fingerprint density at radius 2 is 1.82 bits per heavy atom. The Balaban J connectivity index is 1.79. The number of rotatable bonds is 6. The van der Waals surface area contributed by atoms with Crippen molar-refractivity contribution in [2.75, 3.05) is 34.5 Å². The molecule has 1 aliphatic rings. The average Bonchev–Trinajstić information content (AvgIpc) is 2.96. The maximum absolute atomic E-state index is 12.7. The number of methoxy groups -OCH3 is 3. The Bertz CT molecular complexity index is 870. The predicted molar refractivity (Wildman–Crippen MR) is 104 cm³/mol. The third-order valence-corrected chi connectivity index (χ3v) is 4.54. The second-order valence-corrected chi connectivity index (χ2v) is 6.43. The number of nitrogens with one attached hydrogen (secondary N) is 1. The number of carbonyl (C=O) groups excluding carboxylic acids is 1. The Kier molecular flexibility index (Phi) is 6.36. The molecule has 0 atom stereocenters. The molecule has 28 heavy (non-hydrogen) atoms. The lowest BCUT2D eigenvalue weighted by molar-refractivity contribution is 0.0947. The van der Waals surface area contributed by atoms with Crippen molar-refractivity contribution in [3.05, 3.63) is 40.4 Å².